The van der Waals surface area contributed by atoms with Gasteiger partial charge < -0.3 is 73.0 Å². The number of ketones is 2. The van der Waals surface area contributed by atoms with Gasteiger partial charge >= 0.3 is 0 Å². The highest BCUT2D eigenvalue weighted by Gasteiger charge is 2.37. The summed E-state index contributed by atoms with van der Waals surface area (Å²) >= 11 is 0. The lowest BCUT2D eigenvalue weighted by molar-refractivity contribution is -0.139. The van der Waals surface area contributed by atoms with Crippen LogP contribution in [0.4, 0.5) is 0 Å². The average molecular weight is 940 g/mol. The number of hydrogen-bond donors (Lipinski definition) is 3. The number of nitrogens with two attached hydrogens (primary N) is 1. The predicted octanol–water partition coefficient (Wildman–Crippen LogP) is 0.275. The fourth-order valence-electron chi connectivity index (χ4n) is 5.79. The molecule has 1 aliphatic rings. The fourth-order valence-corrected chi connectivity index (χ4v) is 5.79. The van der Waals surface area contributed by atoms with Crippen molar-refractivity contribution in [2.24, 2.45) is 11.7 Å². The number of carbonyl (C=O) groups is 5. The van der Waals surface area contributed by atoms with Crippen LogP contribution in [0.1, 0.15) is 64.7 Å². The summed E-state index contributed by atoms with van der Waals surface area (Å²) in [6.07, 6.45) is 4.27. The zero-order valence-electron chi connectivity index (χ0n) is 39.0. The number of carbonyl (C=O) groups excluding carboxylic acids is 5. The van der Waals surface area contributed by atoms with Gasteiger partial charge in [-0.2, -0.15) is 0 Å². The fraction of sp³-hybridized carbons (Fsp3) is 0.886. The Hall–Kier alpha value is -2.61. The molecule has 65 heavy (non-hydrogen) atoms. The van der Waals surface area contributed by atoms with Crippen LogP contribution in [0.2, 0.25) is 0 Å². The Morgan fingerprint density at radius 3 is 1.29 bits per heavy atom. The van der Waals surface area contributed by atoms with Gasteiger partial charge in [-0.05, 0) is 19.3 Å². The molecule has 4 N–H and O–H groups in total. The second-order valence-corrected chi connectivity index (χ2v) is 14.7. The number of nitrogens with one attached hydrogen (secondary N) is 1. The Balaban J connectivity index is 1.66. The molecular weight excluding hydrogens is 858 g/mol. The molecule has 0 aromatic carbocycles. The largest absolute Gasteiger partial charge is 0.394 e. The summed E-state index contributed by atoms with van der Waals surface area (Å²) in [5.74, 6) is -0.888. The van der Waals surface area contributed by atoms with E-state index in [9.17, 15) is 24.0 Å². The van der Waals surface area contributed by atoms with E-state index >= 15 is 0 Å². The van der Waals surface area contributed by atoms with Gasteiger partial charge in [0.2, 0.25) is 17.7 Å². The molecule has 1 unspecified atom stereocenters. The molecule has 1 aliphatic heterocycles. The maximum Gasteiger partial charge on any atom is 0.232 e. The smallest absolute Gasteiger partial charge is 0.232 e. The molecule has 0 saturated carbocycles. The summed E-state index contributed by atoms with van der Waals surface area (Å²) in [5.41, 5.74) is 5.47. The molecule has 380 valence electrons. The predicted molar refractivity (Wildman–Crippen MR) is 235 cm³/mol. The Labute approximate surface area is 385 Å². The van der Waals surface area contributed by atoms with Crippen molar-refractivity contribution < 1.29 is 85.9 Å². The van der Waals surface area contributed by atoms with Gasteiger partial charge in [0.25, 0.3) is 0 Å². The highest BCUT2D eigenvalue weighted by atomic mass is 16.6. The lowest BCUT2D eigenvalue weighted by Crippen LogP contribution is -2.36. The molecule has 0 aromatic heterocycles. The first-order valence-corrected chi connectivity index (χ1v) is 23.2. The van der Waals surface area contributed by atoms with E-state index in [1.165, 1.54) is 4.90 Å². The third kappa shape index (κ3) is 37.1. The molecule has 21 heteroatoms. The maximum atomic E-state index is 12.1. The molecule has 0 aromatic rings. The van der Waals surface area contributed by atoms with E-state index in [1.807, 2.05) is 6.92 Å². The number of hydrogen-bond acceptors (Lipinski definition) is 19. The van der Waals surface area contributed by atoms with E-state index in [0.29, 0.717) is 197 Å². The highest BCUT2D eigenvalue weighted by Crippen LogP contribution is 2.22. The normalized spacial score (nSPS) is 14.4. The molecule has 0 radical (unpaired) electrons. The lowest BCUT2D eigenvalue weighted by atomic mass is 10.0. The molecular formula is C44H81N3O18. The summed E-state index contributed by atoms with van der Waals surface area (Å²) < 4.78 is 65.7. The van der Waals surface area contributed by atoms with Crippen LogP contribution in [0.5, 0.6) is 0 Å². The van der Waals surface area contributed by atoms with Crippen molar-refractivity contribution in [3.8, 4) is 0 Å². The maximum absolute atomic E-state index is 12.1. The SMILES string of the molecule is CCC1CC(=O)N(CCC(=O)NCCOCCOCCOCCOCCOCCOCCOCCOCCOCCOCCOCCOCCC(=O)CCCCCC(=O)[C@@H](N)CO)C1=O. The van der Waals surface area contributed by atoms with Gasteiger partial charge in [0.15, 0.2) is 5.78 Å². The molecule has 21 nitrogen and oxygen atoms in total. The van der Waals surface area contributed by atoms with Crippen molar-refractivity contribution in [2.45, 2.75) is 70.8 Å². The van der Waals surface area contributed by atoms with E-state index in [4.69, 9.17) is 67.7 Å². The second kappa shape index (κ2) is 45.2. The topological polar surface area (TPSA) is 258 Å². The van der Waals surface area contributed by atoms with Gasteiger partial charge in [-0.3, -0.25) is 28.9 Å². The van der Waals surface area contributed by atoms with Crippen LogP contribution < -0.4 is 11.1 Å². The first kappa shape index (κ1) is 60.4. The number of amides is 3. The number of nitrogens with zero attached hydrogens (tertiary/aromatic N) is 1. The van der Waals surface area contributed by atoms with Crippen LogP contribution in [0.3, 0.4) is 0 Å². The standard InChI is InChI=1S/C44H81N3O18/c1-2-38-36-43(52)47(44(38)53)11-8-42(51)46-10-13-55-15-17-57-19-21-59-23-25-61-27-29-63-31-33-65-35-34-64-32-30-62-28-26-60-24-22-58-20-18-56-16-14-54-12-9-39(49)6-4-3-5-7-41(50)40(45)37-48/h38,40,48H,2-37,45H2,1H3,(H,46,51)/t38?,40-/m0/s1. The van der Waals surface area contributed by atoms with Crippen molar-refractivity contribution in [3.63, 3.8) is 0 Å². The van der Waals surface area contributed by atoms with Gasteiger partial charge in [-0.1, -0.05) is 13.3 Å². The van der Waals surface area contributed by atoms with Crippen molar-refractivity contribution in [2.75, 3.05) is 178 Å². The summed E-state index contributed by atoms with van der Waals surface area (Å²) in [5, 5.41) is 11.6. The first-order valence-electron chi connectivity index (χ1n) is 23.2. The van der Waals surface area contributed by atoms with Crippen LogP contribution in [0.25, 0.3) is 0 Å². The molecule has 2 atom stereocenters. The van der Waals surface area contributed by atoms with E-state index in [1.54, 1.807) is 0 Å². The third-order valence-electron chi connectivity index (χ3n) is 9.57. The molecule has 1 saturated heterocycles. The quantitative estimate of drug-likeness (QED) is 0.0547. The minimum Gasteiger partial charge on any atom is -0.394 e. The van der Waals surface area contributed by atoms with Crippen molar-refractivity contribution in [1.29, 1.82) is 0 Å². The minimum atomic E-state index is -0.804. The molecule has 1 fully saturated rings. The molecule has 0 spiro atoms. The van der Waals surface area contributed by atoms with E-state index in [2.05, 4.69) is 5.32 Å². The zero-order chi connectivity index (χ0) is 47.3. The molecule has 1 rings (SSSR count). The Morgan fingerprint density at radius 1 is 0.554 bits per heavy atom. The zero-order valence-corrected chi connectivity index (χ0v) is 39.0. The number of likely N-dealkylation sites (tertiary alicyclic amines) is 1. The van der Waals surface area contributed by atoms with E-state index in [0.717, 1.165) is 12.8 Å². The Morgan fingerprint density at radius 2 is 0.923 bits per heavy atom. The van der Waals surface area contributed by atoms with Gasteiger partial charge in [0, 0.05) is 51.1 Å². The summed E-state index contributed by atoms with van der Waals surface area (Å²) in [7, 11) is 0. The molecule has 1 heterocycles. The Bertz CT molecular complexity index is 1190. The van der Waals surface area contributed by atoms with Crippen LogP contribution in [0.15, 0.2) is 0 Å². The Kier molecular flexibility index (Phi) is 42.0. The number of aliphatic hydroxyl groups is 1. The van der Waals surface area contributed by atoms with Crippen LogP contribution in [-0.2, 0) is 80.8 Å². The second-order valence-electron chi connectivity index (χ2n) is 14.7. The minimum absolute atomic E-state index is 0.0812. The number of Topliss-reactive ketones (excluding diaryl/α,β-unsaturated/α-hetero) is 2. The number of rotatable bonds is 51. The number of unbranched alkanes of at least 4 members (excludes halogenated alkanes) is 2. The first-order chi connectivity index (χ1) is 31.8. The van der Waals surface area contributed by atoms with Crippen molar-refractivity contribution in [1.82, 2.24) is 10.2 Å². The third-order valence-corrected chi connectivity index (χ3v) is 9.57. The van der Waals surface area contributed by atoms with Crippen LogP contribution >= 0.6 is 0 Å². The number of ether oxygens (including phenoxy) is 12. The van der Waals surface area contributed by atoms with Gasteiger partial charge in [-0.25, -0.2) is 0 Å². The molecule has 3 amide bonds. The number of imide groups is 1. The van der Waals surface area contributed by atoms with E-state index < -0.39 is 6.04 Å². The monoisotopic (exact) mass is 940 g/mol. The van der Waals surface area contributed by atoms with Gasteiger partial charge in [0.1, 0.15) is 5.78 Å². The van der Waals surface area contributed by atoms with Crippen molar-refractivity contribution in [3.05, 3.63) is 0 Å². The van der Waals surface area contributed by atoms with Crippen molar-refractivity contribution >= 4 is 29.3 Å². The van der Waals surface area contributed by atoms with E-state index in [-0.39, 0.29) is 61.2 Å². The number of aliphatic hydroxyl groups excluding tert-OH is 1. The summed E-state index contributed by atoms with van der Waals surface area (Å²) in [6.45, 7) is 12.5. The highest BCUT2D eigenvalue weighted by molar-refractivity contribution is 6.03. The van der Waals surface area contributed by atoms with Gasteiger partial charge in [-0.15, -0.1) is 0 Å². The molecule has 0 aliphatic carbocycles. The molecule has 0 bridgehead atoms. The lowest BCUT2D eigenvalue weighted by Gasteiger charge is -2.14. The average Bonchev–Trinajstić information content (AvgIpc) is 3.59. The summed E-state index contributed by atoms with van der Waals surface area (Å²) in [4.78, 5) is 60.7. The van der Waals surface area contributed by atoms with Crippen LogP contribution in [0, 0.1) is 5.92 Å². The van der Waals surface area contributed by atoms with Gasteiger partial charge in [0.05, 0.1) is 171 Å². The van der Waals surface area contributed by atoms with Crippen LogP contribution in [-0.4, -0.2) is 224 Å². The summed E-state index contributed by atoms with van der Waals surface area (Å²) in [6, 6.07) is -0.804.